The van der Waals surface area contributed by atoms with Gasteiger partial charge in [-0.05, 0) is 35.9 Å². The number of carbonyl (C=O) groups is 1. The first-order chi connectivity index (χ1) is 11.1. The molecule has 0 aliphatic carbocycles. The average molecular weight is 343 g/mol. The number of para-hydroxylation sites is 1. The molecule has 3 aromatic rings. The molecule has 0 radical (unpaired) electrons. The predicted molar refractivity (Wildman–Crippen MR) is 95.7 cm³/mol. The van der Waals surface area contributed by atoms with Crippen LogP contribution in [0.4, 0.5) is 0 Å². The van der Waals surface area contributed by atoms with Crippen molar-refractivity contribution in [3.8, 4) is 5.75 Å². The molecule has 2 aromatic carbocycles. The van der Waals surface area contributed by atoms with Crippen molar-refractivity contribution >= 4 is 50.3 Å². The van der Waals surface area contributed by atoms with Crippen LogP contribution in [0, 0.1) is 0 Å². The Hall–Kier alpha value is -2.31. The lowest BCUT2D eigenvalue weighted by molar-refractivity contribution is -0.133. The quantitative estimate of drug-likeness (QED) is 0.722. The van der Waals surface area contributed by atoms with Crippen LogP contribution in [0.1, 0.15) is 10.6 Å². The standard InChI is InChI=1S/C17H13NO3S2/c19-12-5-3-4-11(8-12)9-15(22-10-16(20)21)17-18-13-6-1-2-7-14(13)23-17/h1-9,19H,10H2,(H,20,21)/b15-9+. The molecule has 0 bridgehead atoms. The molecule has 0 fully saturated rings. The van der Waals surface area contributed by atoms with E-state index in [-0.39, 0.29) is 11.5 Å². The van der Waals surface area contributed by atoms with Crippen LogP contribution in [-0.2, 0) is 4.79 Å². The Morgan fingerprint density at radius 2 is 2.04 bits per heavy atom. The van der Waals surface area contributed by atoms with Crippen molar-refractivity contribution in [1.82, 2.24) is 4.98 Å². The topological polar surface area (TPSA) is 70.4 Å². The number of thioether (sulfide) groups is 1. The largest absolute Gasteiger partial charge is 0.508 e. The average Bonchev–Trinajstić information content (AvgIpc) is 2.95. The molecule has 0 spiro atoms. The number of phenols is 1. The number of phenolic OH excluding ortho intramolecular Hbond substituents is 1. The molecule has 0 amide bonds. The van der Waals surface area contributed by atoms with E-state index in [4.69, 9.17) is 5.11 Å². The third kappa shape index (κ3) is 3.91. The van der Waals surface area contributed by atoms with Gasteiger partial charge in [-0.3, -0.25) is 4.79 Å². The molecule has 0 aliphatic heterocycles. The molecule has 4 nitrogen and oxygen atoms in total. The highest BCUT2D eigenvalue weighted by atomic mass is 32.2. The lowest BCUT2D eigenvalue weighted by Crippen LogP contribution is -1.97. The second-order valence-electron chi connectivity index (χ2n) is 4.77. The number of hydrogen-bond acceptors (Lipinski definition) is 5. The lowest BCUT2D eigenvalue weighted by atomic mass is 10.2. The van der Waals surface area contributed by atoms with E-state index in [9.17, 15) is 9.90 Å². The van der Waals surface area contributed by atoms with E-state index >= 15 is 0 Å². The maximum atomic E-state index is 10.9. The van der Waals surface area contributed by atoms with Crippen molar-refractivity contribution < 1.29 is 15.0 Å². The van der Waals surface area contributed by atoms with Crippen LogP contribution < -0.4 is 0 Å². The molecule has 2 N–H and O–H groups in total. The number of rotatable bonds is 5. The summed E-state index contributed by atoms with van der Waals surface area (Å²) < 4.78 is 1.06. The second-order valence-corrected chi connectivity index (χ2v) is 6.82. The molecule has 1 heterocycles. The van der Waals surface area contributed by atoms with Crippen LogP contribution in [0.2, 0.25) is 0 Å². The van der Waals surface area contributed by atoms with Crippen LogP contribution in [-0.4, -0.2) is 26.9 Å². The van der Waals surface area contributed by atoms with E-state index in [1.807, 2.05) is 36.4 Å². The Labute approximate surface area is 141 Å². The highest BCUT2D eigenvalue weighted by Gasteiger charge is 2.11. The minimum absolute atomic E-state index is 0.0411. The molecule has 0 saturated heterocycles. The van der Waals surface area contributed by atoms with E-state index < -0.39 is 5.97 Å². The number of fused-ring (bicyclic) bond motifs is 1. The highest BCUT2D eigenvalue weighted by molar-refractivity contribution is 8.09. The minimum Gasteiger partial charge on any atom is -0.508 e. The summed E-state index contributed by atoms with van der Waals surface area (Å²) in [5, 5.41) is 19.3. The van der Waals surface area contributed by atoms with Crippen LogP contribution in [0.15, 0.2) is 48.5 Å². The number of aliphatic carboxylic acids is 1. The Bertz CT molecular complexity index is 853. The van der Waals surface area contributed by atoms with Gasteiger partial charge in [0.25, 0.3) is 0 Å². The summed E-state index contributed by atoms with van der Waals surface area (Å²) in [6, 6.07) is 14.6. The molecule has 6 heteroatoms. The number of aromatic hydroxyl groups is 1. The molecule has 3 rings (SSSR count). The molecule has 0 atom stereocenters. The summed E-state index contributed by atoms with van der Waals surface area (Å²) >= 11 is 2.75. The van der Waals surface area contributed by atoms with Crippen molar-refractivity contribution in [3.63, 3.8) is 0 Å². The summed E-state index contributed by atoms with van der Waals surface area (Å²) in [5.41, 5.74) is 1.70. The molecular formula is C17H13NO3S2. The van der Waals surface area contributed by atoms with Crippen molar-refractivity contribution in [2.75, 3.05) is 5.75 Å². The molecule has 0 saturated carbocycles. The Morgan fingerprint density at radius 3 is 2.78 bits per heavy atom. The van der Waals surface area contributed by atoms with E-state index in [2.05, 4.69) is 4.98 Å². The van der Waals surface area contributed by atoms with Crippen molar-refractivity contribution in [2.45, 2.75) is 0 Å². The first kappa shape index (κ1) is 15.6. The first-order valence-corrected chi connectivity index (χ1v) is 8.63. The van der Waals surface area contributed by atoms with Gasteiger partial charge in [0.1, 0.15) is 10.8 Å². The van der Waals surface area contributed by atoms with Crippen LogP contribution >= 0.6 is 23.1 Å². The highest BCUT2D eigenvalue weighted by Crippen LogP contribution is 2.35. The lowest BCUT2D eigenvalue weighted by Gasteiger charge is -2.03. The number of aromatic nitrogens is 1. The van der Waals surface area contributed by atoms with E-state index in [0.29, 0.717) is 0 Å². The summed E-state index contributed by atoms with van der Waals surface area (Å²) in [6.45, 7) is 0. The molecule has 0 unspecified atom stereocenters. The van der Waals surface area contributed by atoms with Crippen molar-refractivity contribution in [3.05, 3.63) is 59.1 Å². The van der Waals surface area contributed by atoms with Gasteiger partial charge in [0.15, 0.2) is 0 Å². The van der Waals surface area contributed by atoms with Crippen molar-refractivity contribution in [1.29, 1.82) is 0 Å². The van der Waals surface area contributed by atoms with Gasteiger partial charge in [-0.15, -0.1) is 23.1 Å². The summed E-state index contributed by atoms with van der Waals surface area (Å²) in [4.78, 5) is 16.3. The van der Waals surface area contributed by atoms with E-state index in [1.165, 1.54) is 23.1 Å². The van der Waals surface area contributed by atoms with Crippen LogP contribution in [0.3, 0.4) is 0 Å². The van der Waals surface area contributed by atoms with Gasteiger partial charge in [0, 0.05) is 4.91 Å². The van der Waals surface area contributed by atoms with Crippen LogP contribution in [0.5, 0.6) is 5.75 Å². The van der Waals surface area contributed by atoms with E-state index in [1.54, 1.807) is 18.2 Å². The summed E-state index contributed by atoms with van der Waals surface area (Å²) in [6.07, 6.45) is 1.85. The smallest absolute Gasteiger partial charge is 0.313 e. The minimum atomic E-state index is -0.877. The van der Waals surface area contributed by atoms with Gasteiger partial charge in [-0.1, -0.05) is 24.3 Å². The number of thiazole rings is 1. The second kappa shape index (κ2) is 6.85. The fourth-order valence-corrected chi connectivity index (χ4v) is 3.89. The van der Waals surface area contributed by atoms with E-state index in [0.717, 1.165) is 25.7 Å². The number of nitrogens with zero attached hydrogens (tertiary/aromatic N) is 1. The Balaban J connectivity index is 2.02. The predicted octanol–water partition coefficient (Wildman–Crippen LogP) is 4.32. The zero-order valence-electron chi connectivity index (χ0n) is 12.0. The van der Waals surface area contributed by atoms with Crippen LogP contribution in [0.25, 0.3) is 21.2 Å². The fourth-order valence-electron chi connectivity index (χ4n) is 2.05. The summed E-state index contributed by atoms with van der Waals surface area (Å²) in [5.74, 6) is -0.746. The maximum Gasteiger partial charge on any atom is 0.313 e. The van der Waals surface area contributed by atoms with Gasteiger partial charge in [0.2, 0.25) is 0 Å². The monoisotopic (exact) mass is 343 g/mol. The number of hydrogen-bond donors (Lipinski definition) is 2. The van der Waals surface area contributed by atoms with Crippen molar-refractivity contribution in [2.24, 2.45) is 0 Å². The molecule has 0 aliphatic rings. The first-order valence-electron chi connectivity index (χ1n) is 6.83. The van der Waals surface area contributed by atoms with Gasteiger partial charge < -0.3 is 10.2 Å². The molecule has 116 valence electrons. The number of carboxylic acids is 1. The zero-order valence-corrected chi connectivity index (χ0v) is 13.6. The third-order valence-electron chi connectivity index (χ3n) is 3.02. The Kier molecular flexibility index (Phi) is 4.64. The number of benzene rings is 2. The summed E-state index contributed by atoms with van der Waals surface area (Å²) in [7, 11) is 0. The maximum absolute atomic E-state index is 10.9. The van der Waals surface area contributed by atoms with Gasteiger partial charge >= 0.3 is 5.97 Å². The van der Waals surface area contributed by atoms with Gasteiger partial charge in [0.05, 0.1) is 16.0 Å². The third-order valence-corrected chi connectivity index (χ3v) is 5.24. The van der Waals surface area contributed by atoms with Gasteiger partial charge in [-0.2, -0.15) is 0 Å². The number of carboxylic acid groups (broad SMARTS) is 1. The molecule has 1 aromatic heterocycles. The SMILES string of the molecule is O=C(O)CS/C(=C/c1cccc(O)c1)c1nc2ccccc2s1. The normalized spacial score (nSPS) is 11.7. The zero-order chi connectivity index (χ0) is 16.2. The Morgan fingerprint density at radius 1 is 1.22 bits per heavy atom. The fraction of sp³-hybridized carbons (Fsp3) is 0.0588. The molecule has 23 heavy (non-hydrogen) atoms. The van der Waals surface area contributed by atoms with Gasteiger partial charge in [-0.25, -0.2) is 4.98 Å². The molecular weight excluding hydrogens is 330 g/mol.